The molecule has 2 aliphatic heterocycles. The maximum atomic E-state index is 13.0. The van der Waals surface area contributed by atoms with Gasteiger partial charge >= 0.3 is 0 Å². The topological polar surface area (TPSA) is 58.4 Å². The van der Waals surface area contributed by atoms with E-state index in [-0.39, 0.29) is 17.5 Å². The number of para-hydroxylation sites is 1. The van der Waals surface area contributed by atoms with Gasteiger partial charge in [0, 0.05) is 31.8 Å². The van der Waals surface area contributed by atoms with Gasteiger partial charge in [0.15, 0.2) is 0 Å². The molecule has 3 heterocycles. The van der Waals surface area contributed by atoms with Crippen molar-refractivity contribution in [3.8, 4) is 0 Å². The first kappa shape index (κ1) is 19.5. The zero-order valence-electron chi connectivity index (χ0n) is 16.3. The predicted octanol–water partition coefficient (Wildman–Crippen LogP) is 2.22. The van der Waals surface area contributed by atoms with Crippen molar-refractivity contribution >= 4 is 28.6 Å². The largest absolute Gasteiger partial charge is 0.338 e. The van der Waals surface area contributed by atoms with E-state index in [4.69, 9.17) is 0 Å². The van der Waals surface area contributed by atoms with Gasteiger partial charge < -0.3 is 9.80 Å². The van der Waals surface area contributed by atoms with Crippen LogP contribution in [0.5, 0.6) is 0 Å². The van der Waals surface area contributed by atoms with Crippen molar-refractivity contribution in [3.05, 3.63) is 40.9 Å². The molecule has 2 saturated heterocycles. The molecule has 0 aliphatic carbocycles. The van der Waals surface area contributed by atoms with E-state index in [9.17, 15) is 9.59 Å². The Morgan fingerprint density at radius 2 is 1.96 bits per heavy atom. The summed E-state index contributed by atoms with van der Waals surface area (Å²) < 4.78 is 1.57. The van der Waals surface area contributed by atoms with Crippen LogP contribution in [-0.2, 0) is 11.3 Å². The molecule has 4 rings (SSSR count). The molecule has 2 aromatic rings. The minimum absolute atomic E-state index is 0.0709. The number of likely N-dealkylation sites (tertiary alicyclic amines) is 1. The van der Waals surface area contributed by atoms with Gasteiger partial charge in [0.2, 0.25) is 5.91 Å². The third kappa shape index (κ3) is 4.41. The van der Waals surface area contributed by atoms with Crippen LogP contribution in [0.4, 0.5) is 0 Å². The zero-order chi connectivity index (χ0) is 19.3. The Balaban J connectivity index is 1.43. The first-order valence-corrected chi connectivity index (χ1v) is 11.4. The lowest BCUT2D eigenvalue weighted by Gasteiger charge is -2.33. The van der Waals surface area contributed by atoms with Crippen LogP contribution in [0.25, 0.3) is 10.9 Å². The fourth-order valence-electron chi connectivity index (χ4n) is 4.20. The molecule has 1 unspecified atom stereocenters. The van der Waals surface area contributed by atoms with Crippen molar-refractivity contribution in [2.75, 3.05) is 37.7 Å². The van der Waals surface area contributed by atoms with Gasteiger partial charge in [-0.25, -0.2) is 4.98 Å². The maximum absolute atomic E-state index is 13.0. The number of thioether (sulfide) groups is 1. The Kier molecular flexibility index (Phi) is 6.32. The summed E-state index contributed by atoms with van der Waals surface area (Å²) in [5, 5.41) is 0.607. The third-order valence-electron chi connectivity index (χ3n) is 5.72. The van der Waals surface area contributed by atoms with Crippen LogP contribution in [0.15, 0.2) is 35.4 Å². The molecule has 1 aromatic carbocycles. The van der Waals surface area contributed by atoms with Crippen LogP contribution in [0.3, 0.4) is 0 Å². The molecule has 1 atom stereocenters. The van der Waals surface area contributed by atoms with Gasteiger partial charge in [0.25, 0.3) is 5.56 Å². The number of benzene rings is 1. The fraction of sp³-hybridized carbons (Fsp3) is 0.571. The number of hydrogen-bond acceptors (Lipinski definition) is 5. The summed E-state index contributed by atoms with van der Waals surface area (Å²) >= 11 is 1.96. The zero-order valence-corrected chi connectivity index (χ0v) is 17.1. The van der Waals surface area contributed by atoms with Gasteiger partial charge in [-0.1, -0.05) is 12.1 Å². The van der Waals surface area contributed by atoms with E-state index in [2.05, 4.69) is 14.8 Å². The molecule has 2 aliphatic rings. The van der Waals surface area contributed by atoms with Crippen molar-refractivity contribution in [3.63, 3.8) is 0 Å². The molecule has 0 radical (unpaired) electrons. The summed E-state index contributed by atoms with van der Waals surface area (Å²) in [7, 11) is 0. The predicted molar refractivity (Wildman–Crippen MR) is 114 cm³/mol. The average Bonchev–Trinajstić information content (AvgIpc) is 3.12. The molecule has 0 bridgehead atoms. The van der Waals surface area contributed by atoms with Gasteiger partial charge in [-0.15, -0.1) is 0 Å². The third-order valence-corrected chi connectivity index (χ3v) is 6.92. The highest BCUT2D eigenvalue weighted by Crippen LogP contribution is 2.20. The first-order valence-electron chi connectivity index (χ1n) is 10.3. The number of aromatic nitrogens is 2. The Morgan fingerprint density at radius 3 is 2.82 bits per heavy atom. The molecule has 0 spiro atoms. The standard InChI is InChI=1S/C21H28N4O2S/c26-20(8-12-24-16-22-19-7-2-1-6-18(19)21(24)27)25-11-5-13-28-15-17(25)14-23-9-3-4-10-23/h1-2,6-7,16-17H,3-5,8-15H2. The highest BCUT2D eigenvalue weighted by Gasteiger charge is 2.28. The molecule has 150 valence electrons. The van der Waals surface area contributed by atoms with Crippen LogP contribution in [-0.4, -0.2) is 69.0 Å². The van der Waals surface area contributed by atoms with Gasteiger partial charge in [0.05, 0.1) is 23.3 Å². The molecule has 1 aromatic heterocycles. The van der Waals surface area contributed by atoms with Crippen LogP contribution in [0, 0.1) is 0 Å². The Morgan fingerprint density at radius 1 is 1.14 bits per heavy atom. The lowest BCUT2D eigenvalue weighted by Crippen LogP contribution is -2.47. The SMILES string of the molecule is O=C(CCn1cnc2ccccc2c1=O)N1CCCSCC1CN1CCCC1. The Bertz CT molecular complexity index is 878. The highest BCUT2D eigenvalue weighted by molar-refractivity contribution is 7.99. The second-order valence-electron chi connectivity index (χ2n) is 7.69. The summed E-state index contributed by atoms with van der Waals surface area (Å²) in [5.41, 5.74) is 0.628. The van der Waals surface area contributed by atoms with Gasteiger partial charge in [0.1, 0.15) is 0 Å². The number of hydrogen-bond donors (Lipinski definition) is 0. The number of fused-ring (bicyclic) bond motifs is 1. The Hall–Kier alpha value is -1.86. The molecule has 2 fully saturated rings. The van der Waals surface area contributed by atoms with E-state index >= 15 is 0 Å². The lowest BCUT2D eigenvalue weighted by molar-refractivity contribution is -0.133. The quantitative estimate of drug-likeness (QED) is 0.770. The van der Waals surface area contributed by atoms with Crippen molar-refractivity contribution < 1.29 is 4.79 Å². The molecule has 0 N–H and O–H groups in total. The lowest BCUT2D eigenvalue weighted by atomic mass is 10.2. The minimum atomic E-state index is -0.0709. The minimum Gasteiger partial charge on any atom is -0.338 e. The van der Waals surface area contributed by atoms with Gasteiger partial charge in [-0.05, 0) is 50.2 Å². The number of rotatable bonds is 5. The fourth-order valence-corrected chi connectivity index (χ4v) is 5.25. The van der Waals surface area contributed by atoms with Crippen molar-refractivity contribution in [1.82, 2.24) is 19.4 Å². The molecule has 0 saturated carbocycles. The molecular formula is C21H28N4O2S. The van der Waals surface area contributed by atoms with E-state index in [1.165, 1.54) is 12.8 Å². The Labute approximate surface area is 169 Å². The summed E-state index contributed by atoms with van der Waals surface area (Å²) in [6.07, 6.45) is 5.50. The van der Waals surface area contributed by atoms with Crippen LogP contribution in [0.2, 0.25) is 0 Å². The summed E-state index contributed by atoms with van der Waals surface area (Å²) in [6, 6.07) is 7.63. The first-order chi connectivity index (χ1) is 13.7. The van der Waals surface area contributed by atoms with Crippen LogP contribution in [0.1, 0.15) is 25.7 Å². The van der Waals surface area contributed by atoms with Crippen molar-refractivity contribution in [2.24, 2.45) is 0 Å². The number of carbonyl (C=O) groups is 1. The molecule has 28 heavy (non-hydrogen) atoms. The number of amides is 1. The van der Waals surface area contributed by atoms with E-state index in [1.54, 1.807) is 17.0 Å². The summed E-state index contributed by atoms with van der Waals surface area (Å²) in [6.45, 7) is 4.50. The molecule has 1 amide bonds. The second-order valence-corrected chi connectivity index (χ2v) is 8.84. The number of aryl methyl sites for hydroxylation is 1. The van der Waals surface area contributed by atoms with E-state index < -0.39 is 0 Å². The summed E-state index contributed by atoms with van der Waals surface area (Å²) in [5.74, 6) is 2.29. The molecule has 7 heteroatoms. The normalized spacial score (nSPS) is 21.1. The highest BCUT2D eigenvalue weighted by atomic mass is 32.2. The van der Waals surface area contributed by atoms with Crippen molar-refractivity contribution in [2.45, 2.75) is 38.3 Å². The second kappa shape index (κ2) is 9.09. The number of nitrogens with zero attached hydrogens (tertiary/aromatic N) is 4. The van der Waals surface area contributed by atoms with Crippen molar-refractivity contribution in [1.29, 1.82) is 0 Å². The molecular weight excluding hydrogens is 372 g/mol. The summed E-state index contributed by atoms with van der Waals surface area (Å²) in [4.78, 5) is 34.6. The smallest absolute Gasteiger partial charge is 0.261 e. The van der Waals surface area contributed by atoms with E-state index in [0.717, 1.165) is 44.1 Å². The van der Waals surface area contributed by atoms with E-state index in [0.29, 0.717) is 23.9 Å². The van der Waals surface area contributed by atoms with E-state index in [1.807, 2.05) is 30.0 Å². The van der Waals surface area contributed by atoms with Crippen LogP contribution >= 0.6 is 11.8 Å². The monoisotopic (exact) mass is 400 g/mol. The molecule has 6 nitrogen and oxygen atoms in total. The van der Waals surface area contributed by atoms with Gasteiger partial charge in [-0.2, -0.15) is 11.8 Å². The van der Waals surface area contributed by atoms with Crippen LogP contribution < -0.4 is 5.56 Å². The van der Waals surface area contributed by atoms with Gasteiger partial charge in [-0.3, -0.25) is 14.2 Å². The number of carbonyl (C=O) groups excluding carboxylic acids is 1. The maximum Gasteiger partial charge on any atom is 0.261 e. The average molecular weight is 401 g/mol.